The maximum atomic E-state index is 11.7. The molecule has 1 N–H and O–H groups in total. The van der Waals surface area contributed by atoms with E-state index in [0.29, 0.717) is 23.1 Å². The molecule has 0 aliphatic heterocycles. The molecule has 1 aromatic heterocycles. The van der Waals surface area contributed by atoms with Crippen LogP contribution in [-0.4, -0.2) is 22.7 Å². The molecule has 1 saturated carbocycles. The Kier molecular flexibility index (Phi) is 6.28. The second kappa shape index (κ2) is 8.65. The van der Waals surface area contributed by atoms with Gasteiger partial charge in [-0.05, 0) is 68.2 Å². The van der Waals surface area contributed by atoms with Crippen molar-refractivity contribution in [1.82, 2.24) is 4.98 Å². The predicted molar refractivity (Wildman–Crippen MR) is 101 cm³/mol. The van der Waals surface area contributed by atoms with Crippen LogP contribution in [0.2, 0.25) is 5.02 Å². The lowest BCUT2D eigenvalue weighted by molar-refractivity contribution is 0.0526. The van der Waals surface area contributed by atoms with E-state index < -0.39 is 6.10 Å². The monoisotopic (exact) mass is 373 g/mol. The van der Waals surface area contributed by atoms with E-state index in [4.69, 9.17) is 16.3 Å². The lowest BCUT2D eigenvalue weighted by Crippen LogP contribution is -2.10. The van der Waals surface area contributed by atoms with Crippen molar-refractivity contribution < 1.29 is 14.6 Å². The first-order valence-corrected chi connectivity index (χ1v) is 9.49. The maximum absolute atomic E-state index is 11.7. The summed E-state index contributed by atoms with van der Waals surface area (Å²) in [5.41, 5.74) is 2.59. The van der Waals surface area contributed by atoms with Gasteiger partial charge in [0, 0.05) is 18.0 Å². The molecule has 2 aromatic rings. The van der Waals surface area contributed by atoms with Crippen LogP contribution in [-0.2, 0) is 11.2 Å². The van der Waals surface area contributed by atoms with Gasteiger partial charge >= 0.3 is 5.97 Å². The quantitative estimate of drug-likeness (QED) is 0.751. The highest BCUT2D eigenvalue weighted by Gasteiger charge is 2.31. The molecule has 4 nitrogen and oxygen atoms in total. The Balaban J connectivity index is 1.56. The number of ether oxygens (including phenoxy) is 1. The second-order valence-electron chi connectivity index (χ2n) is 6.94. The van der Waals surface area contributed by atoms with E-state index in [2.05, 4.69) is 4.98 Å². The first-order valence-electron chi connectivity index (χ1n) is 9.11. The van der Waals surface area contributed by atoms with Gasteiger partial charge < -0.3 is 9.84 Å². The summed E-state index contributed by atoms with van der Waals surface area (Å²) in [5.74, 6) is 0.493. The average molecular weight is 374 g/mol. The molecule has 0 saturated heterocycles. The van der Waals surface area contributed by atoms with Crippen LogP contribution in [0.3, 0.4) is 0 Å². The molecule has 0 radical (unpaired) electrons. The number of aromatic nitrogens is 1. The summed E-state index contributed by atoms with van der Waals surface area (Å²) >= 11 is 5.98. The molecular weight excluding hydrogens is 350 g/mol. The fourth-order valence-electron chi connectivity index (χ4n) is 3.77. The third-order valence-electron chi connectivity index (χ3n) is 5.09. The van der Waals surface area contributed by atoms with E-state index >= 15 is 0 Å². The fraction of sp³-hybridized carbons (Fsp3) is 0.429. The minimum atomic E-state index is -0.516. The van der Waals surface area contributed by atoms with Gasteiger partial charge in [-0.2, -0.15) is 0 Å². The molecule has 1 unspecified atom stereocenters. The van der Waals surface area contributed by atoms with Crippen LogP contribution in [0.15, 0.2) is 42.7 Å². The number of nitrogens with zero attached hydrogens (tertiary/aromatic N) is 1. The second-order valence-corrected chi connectivity index (χ2v) is 7.38. The Labute approximate surface area is 159 Å². The number of aliphatic hydroxyl groups excluding tert-OH is 1. The van der Waals surface area contributed by atoms with Crippen molar-refractivity contribution in [2.45, 2.75) is 38.7 Å². The smallest absolute Gasteiger partial charge is 0.338 e. The Morgan fingerprint density at radius 3 is 2.77 bits per heavy atom. The van der Waals surface area contributed by atoms with Crippen LogP contribution in [0.5, 0.6) is 0 Å². The molecule has 1 aromatic carbocycles. The van der Waals surface area contributed by atoms with Crippen LogP contribution in [0, 0.1) is 11.8 Å². The Bertz CT molecular complexity index is 747. The highest BCUT2D eigenvalue weighted by molar-refractivity contribution is 6.30. The topological polar surface area (TPSA) is 59.4 Å². The summed E-state index contributed by atoms with van der Waals surface area (Å²) in [5, 5.41) is 11.2. The molecule has 138 valence electrons. The normalized spacial score (nSPS) is 20.7. The van der Waals surface area contributed by atoms with E-state index in [0.717, 1.165) is 31.2 Å². The molecule has 0 bridgehead atoms. The first kappa shape index (κ1) is 18.9. The number of halogens is 1. The zero-order valence-corrected chi connectivity index (χ0v) is 15.7. The molecule has 3 rings (SSSR count). The van der Waals surface area contributed by atoms with Crippen molar-refractivity contribution in [2.24, 2.45) is 11.8 Å². The number of rotatable bonds is 6. The molecule has 3 atom stereocenters. The van der Waals surface area contributed by atoms with Crippen LogP contribution in [0.25, 0.3) is 0 Å². The number of pyridine rings is 1. The van der Waals surface area contributed by atoms with Gasteiger partial charge in [0.05, 0.1) is 23.3 Å². The van der Waals surface area contributed by atoms with E-state index in [1.54, 1.807) is 25.4 Å². The lowest BCUT2D eigenvalue weighted by atomic mass is 9.92. The molecule has 5 heteroatoms. The molecule has 1 aliphatic rings. The van der Waals surface area contributed by atoms with Crippen molar-refractivity contribution >= 4 is 17.6 Å². The Morgan fingerprint density at radius 1 is 1.31 bits per heavy atom. The molecule has 1 fully saturated rings. The summed E-state index contributed by atoms with van der Waals surface area (Å²) in [4.78, 5) is 15.8. The van der Waals surface area contributed by atoms with Crippen LogP contribution < -0.4 is 0 Å². The van der Waals surface area contributed by atoms with E-state index in [1.807, 2.05) is 24.3 Å². The third-order valence-corrected chi connectivity index (χ3v) is 5.29. The molecule has 0 amide bonds. The number of carbonyl (C=O) groups is 1. The third kappa shape index (κ3) is 4.63. The summed E-state index contributed by atoms with van der Waals surface area (Å²) in [6.07, 6.45) is 6.78. The summed E-state index contributed by atoms with van der Waals surface area (Å²) < 4.78 is 5.01. The van der Waals surface area contributed by atoms with Crippen LogP contribution >= 0.6 is 11.6 Å². The predicted octanol–water partition coefficient (Wildman–Crippen LogP) is 4.60. The van der Waals surface area contributed by atoms with Crippen molar-refractivity contribution in [2.75, 3.05) is 6.61 Å². The number of aliphatic hydroxyl groups is 1. The minimum absolute atomic E-state index is 0.235. The van der Waals surface area contributed by atoms with Crippen LogP contribution in [0.4, 0.5) is 0 Å². The van der Waals surface area contributed by atoms with Crippen molar-refractivity contribution in [3.8, 4) is 0 Å². The lowest BCUT2D eigenvalue weighted by Gasteiger charge is -2.18. The van der Waals surface area contributed by atoms with Gasteiger partial charge in [0.25, 0.3) is 0 Å². The standard InChI is InChI=1S/C21H24ClNO3/c1-2-26-21(25)16-6-3-14(4-7-16)9-15-5-8-17(10-15)20(24)18-11-19(22)13-23-12-18/h3-4,6-7,11-13,15,17,20,24H,2,5,8-10H2,1H3/t15?,17-,20-/m0/s1. The minimum Gasteiger partial charge on any atom is -0.462 e. The van der Waals surface area contributed by atoms with Gasteiger partial charge in [0.2, 0.25) is 0 Å². The Hall–Kier alpha value is -1.91. The number of benzene rings is 1. The Morgan fingerprint density at radius 2 is 2.08 bits per heavy atom. The van der Waals surface area contributed by atoms with Gasteiger partial charge in [0.1, 0.15) is 0 Å². The fourth-order valence-corrected chi connectivity index (χ4v) is 3.96. The number of carbonyl (C=O) groups excluding carboxylic acids is 1. The van der Waals surface area contributed by atoms with Crippen LogP contribution in [0.1, 0.15) is 53.8 Å². The summed E-state index contributed by atoms with van der Waals surface area (Å²) in [7, 11) is 0. The zero-order chi connectivity index (χ0) is 18.5. The summed E-state index contributed by atoms with van der Waals surface area (Å²) in [6, 6.07) is 9.44. The average Bonchev–Trinajstić information content (AvgIpc) is 3.10. The number of esters is 1. The highest BCUT2D eigenvalue weighted by Crippen LogP contribution is 2.40. The van der Waals surface area contributed by atoms with Crippen molar-refractivity contribution in [3.63, 3.8) is 0 Å². The van der Waals surface area contributed by atoms with E-state index in [-0.39, 0.29) is 11.9 Å². The van der Waals surface area contributed by atoms with Gasteiger partial charge in [0.15, 0.2) is 0 Å². The van der Waals surface area contributed by atoms with Crippen molar-refractivity contribution in [3.05, 3.63) is 64.4 Å². The van der Waals surface area contributed by atoms with Gasteiger partial charge in [-0.15, -0.1) is 0 Å². The maximum Gasteiger partial charge on any atom is 0.338 e. The van der Waals surface area contributed by atoms with E-state index in [9.17, 15) is 9.90 Å². The number of hydrogen-bond acceptors (Lipinski definition) is 4. The molecule has 26 heavy (non-hydrogen) atoms. The SMILES string of the molecule is CCOC(=O)c1ccc(CC2CC[C@H]([C@H](O)c3cncc(Cl)c3)C2)cc1. The molecular formula is C21H24ClNO3. The van der Waals surface area contributed by atoms with Gasteiger partial charge in [-0.25, -0.2) is 4.79 Å². The molecule has 0 spiro atoms. The zero-order valence-electron chi connectivity index (χ0n) is 14.9. The summed E-state index contributed by atoms with van der Waals surface area (Å²) in [6.45, 7) is 2.19. The van der Waals surface area contributed by atoms with Gasteiger partial charge in [-0.3, -0.25) is 4.98 Å². The number of hydrogen-bond donors (Lipinski definition) is 1. The van der Waals surface area contributed by atoms with E-state index in [1.165, 1.54) is 5.56 Å². The first-order chi connectivity index (χ1) is 12.6. The molecule has 1 heterocycles. The van der Waals surface area contributed by atoms with Crippen molar-refractivity contribution in [1.29, 1.82) is 0 Å². The van der Waals surface area contributed by atoms with Gasteiger partial charge in [-0.1, -0.05) is 23.7 Å². The largest absolute Gasteiger partial charge is 0.462 e. The highest BCUT2D eigenvalue weighted by atomic mass is 35.5. The molecule has 1 aliphatic carbocycles.